The van der Waals surface area contributed by atoms with E-state index in [2.05, 4.69) is 34.5 Å². The van der Waals surface area contributed by atoms with Crippen molar-refractivity contribution in [2.24, 2.45) is 5.10 Å². The molecule has 2 N–H and O–H groups in total. The van der Waals surface area contributed by atoms with Gasteiger partial charge in [0.25, 0.3) is 6.35 Å². The maximum atomic E-state index is 13.1. The number of hydrogen-bond acceptors (Lipinski definition) is 7. The van der Waals surface area contributed by atoms with Crippen LogP contribution in [-0.4, -0.2) is 70.3 Å². The fourth-order valence-corrected chi connectivity index (χ4v) is 6.77. The number of para-hydroxylation sites is 1. The molecule has 226 valence electrons. The smallest absolute Gasteiger partial charge is 0.274 e. The number of hydrogen-bond donors (Lipinski definition) is 2. The van der Waals surface area contributed by atoms with Crippen molar-refractivity contribution in [3.8, 4) is 5.75 Å². The molecule has 2 bridgehead atoms. The lowest BCUT2D eigenvalue weighted by atomic mass is 9.99. The first-order valence-electron chi connectivity index (χ1n) is 15.3. The van der Waals surface area contributed by atoms with Crippen molar-refractivity contribution >= 4 is 29.0 Å². The van der Waals surface area contributed by atoms with Crippen LogP contribution in [0.2, 0.25) is 5.02 Å². The van der Waals surface area contributed by atoms with Gasteiger partial charge in [-0.3, -0.25) is 14.6 Å². The second-order valence-electron chi connectivity index (χ2n) is 12.1. The maximum absolute atomic E-state index is 13.1. The van der Waals surface area contributed by atoms with Gasteiger partial charge in [-0.25, -0.2) is 5.01 Å². The Kier molecular flexibility index (Phi) is 8.88. The molecule has 8 nitrogen and oxygen atoms in total. The van der Waals surface area contributed by atoms with Gasteiger partial charge in [-0.05, 0) is 87.9 Å². The van der Waals surface area contributed by atoms with Crippen LogP contribution in [0.1, 0.15) is 50.7 Å². The van der Waals surface area contributed by atoms with Crippen LogP contribution in [0.15, 0.2) is 84.0 Å². The molecule has 3 heterocycles. The molecule has 2 fully saturated rings. The first kappa shape index (κ1) is 29.5. The summed E-state index contributed by atoms with van der Waals surface area (Å²) in [5.41, 5.74) is 2.91. The fraction of sp³-hybridized carbons (Fsp3) is 0.412. The highest BCUT2D eigenvalue weighted by Gasteiger charge is 2.40. The summed E-state index contributed by atoms with van der Waals surface area (Å²) in [4.78, 5) is 17.6. The van der Waals surface area contributed by atoms with Gasteiger partial charge in [0.15, 0.2) is 5.84 Å². The van der Waals surface area contributed by atoms with Crippen LogP contribution in [0.3, 0.4) is 0 Å². The Hall–Kier alpha value is -3.59. The second kappa shape index (κ2) is 13.0. The van der Waals surface area contributed by atoms with Gasteiger partial charge in [0.1, 0.15) is 12.3 Å². The monoisotopic (exact) mass is 601 g/mol. The molecule has 1 amide bonds. The van der Waals surface area contributed by atoms with Crippen molar-refractivity contribution in [2.45, 2.75) is 76.5 Å². The molecule has 0 aromatic heterocycles. The van der Waals surface area contributed by atoms with E-state index >= 15 is 0 Å². The molecule has 2 saturated heterocycles. The Balaban J connectivity index is 1.27. The van der Waals surface area contributed by atoms with Crippen molar-refractivity contribution in [1.29, 1.82) is 0 Å². The molecular weight excluding hydrogens is 562 g/mol. The molecule has 0 saturated carbocycles. The van der Waals surface area contributed by atoms with Crippen molar-refractivity contribution in [3.63, 3.8) is 0 Å². The minimum atomic E-state index is -0.699. The lowest BCUT2D eigenvalue weighted by Gasteiger charge is -2.37. The predicted molar refractivity (Wildman–Crippen MR) is 170 cm³/mol. The van der Waals surface area contributed by atoms with Crippen molar-refractivity contribution in [1.82, 2.24) is 15.1 Å². The predicted octanol–water partition coefficient (Wildman–Crippen LogP) is 5.24. The number of hydrazone groups is 1. The number of fused-ring (bicyclic) bond motifs is 2. The zero-order valence-corrected chi connectivity index (χ0v) is 25.5. The second-order valence-corrected chi connectivity index (χ2v) is 12.5. The number of anilines is 1. The number of piperidine rings is 1. The Morgan fingerprint density at radius 1 is 1.02 bits per heavy atom. The number of ether oxygens (including phenoxy) is 1. The number of carbonyl (C=O) groups excluding carboxylic acids is 1. The largest absolute Gasteiger partial charge is 0.450 e. The van der Waals surface area contributed by atoms with Gasteiger partial charge in [0, 0.05) is 35.3 Å². The molecule has 6 rings (SSSR count). The number of benzene rings is 3. The van der Waals surface area contributed by atoms with Gasteiger partial charge >= 0.3 is 0 Å². The van der Waals surface area contributed by atoms with Crippen LogP contribution in [0.25, 0.3) is 0 Å². The lowest BCUT2D eigenvalue weighted by molar-refractivity contribution is -0.123. The van der Waals surface area contributed by atoms with Gasteiger partial charge in [0.05, 0.1) is 11.8 Å². The number of aliphatic hydroxyl groups is 1. The number of rotatable bonds is 10. The Labute approximate surface area is 258 Å². The number of nitrogens with zero attached hydrogens (tertiary/aromatic N) is 4. The summed E-state index contributed by atoms with van der Waals surface area (Å²) >= 11 is 6.38. The zero-order chi connectivity index (χ0) is 29.9. The number of carbonyl (C=O) groups is 1. The number of amides is 1. The van der Waals surface area contributed by atoms with Crippen molar-refractivity contribution in [3.05, 3.63) is 95.0 Å². The van der Waals surface area contributed by atoms with Crippen LogP contribution in [-0.2, 0) is 11.2 Å². The van der Waals surface area contributed by atoms with E-state index in [0.717, 1.165) is 37.1 Å². The minimum absolute atomic E-state index is 0.00370. The summed E-state index contributed by atoms with van der Waals surface area (Å²) < 4.78 is 6.54. The summed E-state index contributed by atoms with van der Waals surface area (Å²) in [6, 6.07) is 26.5. The van der Waals surface area contributed by atoms with E-state index in [4.69, 9.17) is 21.4 Å². The molecule has 0 spiro atoms. The number of aliphatic hydroxyl groups excluding tert-OH is 1. The molecule has 3 aliphatic heterocycles. The molecule has 43 heavy (non-hydrogen) atoms. The molecule has 3 aliphatic rings. The third-order valence-corrected chi connectivity index (χ3v) is 8.74. The average Bonchev–Trinajstić information content (AvgIpc) is 3.45. The van der Waals surface area contributed by atoms with Gasteiger partial charge in [-0.15, -0.1) is 5.10 Å². The highest BCUT2D eigenvalue weighted by Crippen LogP contribution is 2.36. The molecule has 3 atom stereocenters. The van der Waals surface area contributed by atoms with E-state index in [9.17, 15) is 9.90 Å². The SMILES string of the molecule is CC(C)NC(=O)CN1C(c2cccc(Cl)c2)=NN(c2ccc(CCN3C4CCC3CC(O)C4)cc2)C1Oc1ccccc1. The van der Waals surface area contributed by atoms with E-state index < -0.39 is 6.35 Å². The van der Waals surface area contributed by atoms with Crippen LogP contribution >= 0.6 is 11.6 Å². The maximum Gasteiger partial charge on any atom is 0.274 e. The average molecular weight is 602 g/mol. The molecule has 3 unspecified atom stereocenters. The topological polar surface area (TPSA) is 80.6 Å². The summed E-state index contributed by atoms with van der Waals surface area (Å²) in [5.74, 6) is 1.16. The van der Waals surface area contributed by atoms with Crippen molar-refractivity contribution < 1.29 is 14.6 Å². The van der Waals surface area contributed by atoms with Crippen LogP contribution in [0.4, 0.5) is 5.69 Å². The fourth-order valence-electron chi connectivity index (χ4n) is 6.58. The zero-order valence-electron chi connectivity index (χ0n) is 24.8. The Morgan fingerprint density at radius 3 is 2.42 bits per heavy atom. The van der Waals surface area contributed by atoms with E-state index in [1.54, 1.807) is 0 Å². The normalized spacial score (nSPS) is 23.5. The number of amidine groups is 1. The molecule has 3 aromatic carbocycles. The molecule has 9 heteroatoms. The van der Waals surface area contributed by atoms with Crippen LogP contribution in [0.5, 0.6) is 5.75 Å². The van der Waals surface area contributed by atoms with E-state index in [0.29, 0.717) is 28.7 Å². The molecular formula is C34H40ClN5O3. The Bertz CT molecular complexity index is 1420. The first-order valence-corrected chi connectivity index (χ1v) is 15.7. The third-order valence-electron chi connectivity index (χ3n) is 8.50. The van der Waals surface area contributed by atoms with Gasteiger partial charge in [0.2, 0.25) is 5.91 Å². The standard InChI is InChI=1S/C34H40ClN5O3/c1-23(2)36-32(42)22-39-33(25-7-6-8-26(35)19-25)37-40(34(39)43-31-9-4-3-5-10-31)27-13-11-24(12-14-27)17-18-38-28-15-16-29(38)21-30(41)20-28/h3-14,19,23,28-30,34,41H,15-18,20-22H2,1-2H3,(H,36,42). The third kappa shape index (κ3) is 6.82. The van der Waals surface area contributed by atoms with Crippen LogP contribution in [0, 0.1) is 0 Å². The lowest BCUT2D eigenvalue weighted by Crippen LogP contribution is -2.51. The molecule has 0 radical (unpaired) electrons. The first-order chi connectivity index (χ1) is 20.8. The molecule has 0 aliphatic carbocycles. The summed E-state index contributed by atoms with van der Waals surface area (Å²) in [6.45, 7) is 4.95. The quantitative estimate of drug-likeness (QED) is 0.331. The van der Waals surface area contributed by atoms with Gasteiger partial charge in [-0.2, -0.15) is 0 Å². The van der Waals surface area contributed by atoms with E-state index in [1.807, 2.05) is 78.4 Å². The van der Waals surface area contributed by atoms with Crippen LogP contribution < -0.4 is 15.1 Å². The van der Waals surface area contributed by atoms with E-state index in [-0.39, 0.29) is 24.6 Å². The van der Waals surface area contributed by atoms with E-state index in [1.165, 1.54) is 18.4 Å². The summed E-state index contributed by atoms with van der Waals surface area (Å²) in [5, 5.41) is 20.6. The number of halogens is 1. The minimum Gasteiger partial charge on any atom is -0.450 e. The highest BCUT2D eigenvalue weighted by atomic mass is 35.5. The van der Waals surface area contributed by atoms with Crippen molar-refractivity contribution in [2.75, 3.05) is 18.1 Å². The van der Waals surface area contributed by atoms with Gasteiger partial charge < -0.3 is 15.2 Å². The van der Waals surface area contributed by atoms with Gasteiger partial charge in [-0.1, -0.05) is 54.1 Å². The highest BCUT2D eigenvalue weighted by molar-refractivity contribution is 6.31. The number of nitrogens with one attached hydrogen (secondary N) is 1. The summed E-state index contributed by atoms with van der Waals surface area (Å²) in [6.07, 6.45) is 4.28. The Morgan fingerprint density at radius 2 is 1.74 bits per heavy atom. The molecule has 3 aromatic rings. The summed E-state index contributed by atoms with van der Waals surface area (Å²) in [7, 11) is 0.